The third kappa shape index (κ3) is 3.32. The highest BCUT2D eigenvalue weighted by atomic mass is 32.1. The molecule has 84 valence electrons. The zero-order valence-electron chi connectivity index (χ0n) is 9.19. The molecule has 1 heterocycles. The molecule has 1 aromatic heterocycles. The highest BCUT2D eigenvalue weighted by Gasteiger charge is 2.17. The lowest BCUT2D eigenvalue weighted by Crippen LogP contribution is -2.41. The van der Waals surface area contributed by atoms with Gasteiger partial charge in [-0.15, -0.1) is 11.3 Å². The van der Waals surface area contributed by atoms with Crippen LogP contribution in [-0.2, 0) is 4.79 Å². The van der Waals surface area contributed by atoms with Gasteiger partial charge in [0.1, 0.15) is 0 Å². The van der Waals surface area contributed by atoms with Gasteiger partial charge >= 0.3 is 0 Å². The van der Waals surface area contributed by atoms with Crippen LogP contribution in [0.25, 0.3) is 0 Å². The van der Waals surface area contributed by atoms with Crippen LogP contribution in [0.3, 0.4) is 0 Å². The molecule has 1 amide bonds. The van der Waals surface area contributed by atoms with Gasteiger partial charge in [-0.25, -0.2) is 0 Å². The van der Waals surface area contributed by atoms with Crippen LogP contribution in [0.15, 0.2) is 17.5 Å². The lowest BCUT2D eigenvalue weighted by molar-refractivity contribution is -0.123. The number of rotatable bonds is 5. The number of nitrogens with one attached hydrogen (secondary N) is 1. The molecule has 15 heavy (non-hydrogen) atoms. The minimum absolute atomic E-state index is 0.0576. The Morgan fingerprint density at radius 3 is 2.73 bits per heavy atom. The molecule has 0 saturated carbocycles. The maximum Gasteiger partial charge on any atom is 0.237 e. The first-order valence-corrected chi connectivity index (χ1v) is 6.16. The minimum atomic E-state index is -0.390. The fourth-order valence-corrected chi connectivity index (χ4v) is 2.19. The number of amides is 1. The average molecular weight is 226 g/mol. The van der Waals surface area contributed by atoms with E-state index in [2.05, 4.69) is 12.2 Å². The van der Waals surface area contributed by atoms with Crippen molar-refractivity contribution in [3.63, 3.8) is 0 Å². The Morgan fingerprint density at radius 1 is 1.53 bits per heavy atom. The summed E-state index contributed by atoms with van der Waals surface area (Å²) in [6, 6.07) is 3.75. The predicted molar refractivity (Wildman–Crippen MR) is 63.8 cm³/mol. The van der Waals surface area contributed by atoms with E-state index in [-0.39, 0.29) is 18.0 Å². The van der Waals surface area contributed by atoms with Crippen LogP contribution in [0, 0.1) is 0 Å². The van der Waals surface area contributed by atoms with Crippen molar-refractivity contribution in [3.8, 4) is 0 Å². The Balaban J connectivity index is 2.58. The summed E-state index contributed by atoms with van der Waals surface area (Å²) < 4.78 is 0. The second kappa shape index (κ2) is 5.88. The smallest absolute Gasteiger partial charge is 0.237 e. The number of thiophene rings is 1. The van der Waals surface area contributed by atoms with E-state index in [1.165, 1.54) is 4.88 Å². The van der Waals surface area contributed by atoms with E-state index >= 15 is 0 Å². The molecular weight excluding hydrogens is 208 g/mol. The molecule has 1 aromatic rings. The standard InChI is InChI=1S/C11H18N2OS/c1-3-8(12)11(14)13-9(4-2)10-6-5-7-15-10/h5-9H,3-4,12H2,1-2H3,(H,13,14)/t8-,9?/m1/s1. The fourth-order valence-electron chi connectivity index (χ4n) is 1.33. The van der Waals surface area contributed by atoms with Crippen LogP contribution >= 0.6 is 11.3 Å². The number of nitrogens with two attached hydrogens (primary N) is 1. The summed E-state index contributed by atoms with van der Waals surface area (Å²) in [5.41, 5.74) is 5.66. The highest BCUT2D eigenvalue weighted by molar-refractivity contribution is 7.10. The molecule has 3 N–H and O–H groups in total. The maximum absolute atomic E-state index is 11.6. The van der Waals surface area contributed by atoms with Crippen molar-refractivity contribution in [1.29, 1.82) is 0 Å². The summed E-state index contributed by atoms with van der Waals surface area (Å²) in [6.07, 6.45) is 1.56. The summed E-state index contributed by atoms with van der Waals surface area (Å²) in [7, 11) is 0. The first-order valence-electron chi connectivity index (χ1n) is 5.28. The highest BCUT2D eigenvalue weighted by Crippen LogP contribution is 2.21. The molecule has 1 unspecified atom stereocenters. The monoisotopic (exact) mass is 226 g/mol. The Bertz CT molecular complexity index is 298. The van der Waals surface area contributed by atoms with E-state index < -0.39 is 0 Å². The zero-order valence-corrected chi connectivity index (χ0v) is 10.0. The molecule has 0 aliphatic heterocycles. The molecule has 0 radical (unpaired) electrons. The molecule has 0 spiro atoms. The zero-order chi connectivity index (χ0) is 11.3. The summed E-state index contributed by atoms with van der Waals surface area (Å²) >= 11 is 1.66. The average Bonchev–Trinajstić information content (AvgIpc) is 2.77. The lowest BCUT2D eigenvalue weighted by Gasteiger charge is -2.17. The van der Waals surface area contributed by atoms with Crippen molar-refractivity contribution in [2.24, 2.45) is 5.73 Å². The van der Waals surface area contributed by atoms with Crippen molar-refractivity contribution in [2.45, 2.75) is 38.8 Å². The molecule has 0 bridgehead atoms. The van der Waals surface area contributed by atoms with Crippen LogP contribution in [0.1, 0.15) is 37.6 Å². The maximum atomic E-state index is 11.6. The van der Waals surface area contributed by atoms with E-state index in [0.717, 1.165) is 6.42 Å². The lowest BCUT2D eigenvalue weighted by atomic mass is 10.1. The molecule has 0 aromatic carbocycles. The third-order valence-electron chi connectivity index (χ3n) is 2.39. The van der Waals surface area contributed by atoms with E-state index in [1.807, 2.05) is 24.4 Å². The number of hydrogen-bond donors (Lipinski definition) is 2. The molecule has 1 rings (SSSR count). The normalized spacial score (nSPS) is 14.6. The van der Waals surface area contributed by atoms with Gasteiger partial charge in [-0.1, -0.05) is 19.9 Å². The van der Waals surface area contributed by atoms with Gasteiger partial charge in [-0.2, -0.15) is 0 Å². The second-order valence-corrected chi connectivity index (χ2v) is 4.48. The van der Waals surface area contributed by atoms with Gasteiger partial charge in [0, 0.05) is 4.88 Å². The van der Waals surface area contributed by atoms with Gasteiger partial charge in [-0.3, -0.25) is 4.79 Å². The van der Waals surface area contributed by atoms with Crippen LogP contribution in [-0.4, -0.2) is 11.9 Å². The van der Waals surface area contributed by atoms with E-state index in [4.69, 9.17) is 5.73 Å². The summed E-state index contributed by atoms with van der Waals surface area (Å²) in [5.74, 6) is -0.0576. The Kier molecular flexibility index (Phi) is 4.78. The quantitative estimate of drug-likeness (QED) is 0.807. The predicted octanol–water partition coefficient (Wildman–Crippen LogP) is 2.05. The first-order chi connectivity index (χ1) is 7.19. The molecule has 2 atom stereocenters. The fraction of sp³-hybridized carbons (Fsp3) is 0.545. The van der Waals surface area contributed by atoms with Crippen LogP contribution in [0.5, 0.6) is 0 Å². The molecule has 0 fully saturated rings. The largest absolute Gasteiger partial charge is 0.347 e. The van der Waals surface area contributed by atoms with Crippen LogP contribution < -0.4 is 11.1 Å². The van der Waals surface area contributed by atoms with Gasteiger partial charge in [0.2, 0.25) is 5.91 Å². The summed E-state index contributed by atoms with van der Waals surface area (Å²) in [6.45, 7) is 3.97. The SMILES string of the molecule is CCC(NC(=O)[C@H](N)CC)c1cccs1. The Hall–Kier alpha value is -0.870. The first kappa shape index (κ1) is 12.2. The van der Waals surface area contributed by atoms with Gasteiger partial charge < -0.3 is 11.1 Å². The molecule has 0 aliphatic carbocycles. The Labute approximate surface area is 94.7 Å². The van der Waals surface area contributed by atoms with Crippen molar-refractivity contribution in [2.75, 3.05) is 0 Å². The van der Waals surface area contributed by atoms with Crippen LogP contribution in [0.2, 0.25) is 0 Å². The third-order valence-corrected chi connectivity index (χ3v) is 3.37. The summed E-state index contributed by atoms with van der Waals surface area (Å²) in [5, 5.41) is 4.98. The van der Waals surface area contributed by atoms with Gasteiger partial charge in [0.25, 0.3) is 0 Å². The van der Waals surface area contributed by atoms with Crippen molar-refractivity contribution in [3.05, 3.63) is 22.4 Å². The van der Waals surface area contributed by atoms with Crippen LogP contribution in [0.4, 0.5) is 0 Å². The van der Waals surface area contributed by atoms with E-state index in [1.54, 1.807) is 11.3 Å². The van der Waals surface area contributed by atoms with Crippen molar-refractivity contribution >= 4 is 17.2 Å². The van der Waals surface area contributed by atoms with E-state index in [0.29, 0.717) is 6.42 Å². The molecule has 4 heteroatoms. The second-order valence-electron chi connectivity index (χ2n) is 3.50. The minimum Gasteiger partial charge on any atom is -0.347 e. The number of carbonyl (C=O) groups excluding carboxylic acids is 1. The number of carbonyl (C=O) groups is 1. The van der Waals surface area contributed by atoms with Gasteiger partial charge in [0.05, 0.1) is 12.1 Å². The van der Waals surface area contributed by atoms with E-state index in [9.17, 15) is 4.79 Å². The molecule has 0 saturated heterocycles. The molecule has 3 nitrogen and oxygen atoms in total. The van der Waals surface area contributed by atoms with Gasteiger partial charge in [0.15, 0.2) is 0 Å². The van der Waals surface area contributed by atoms with Gasteiger partial charge in [-0.05, 0) is 24.3 Å². The molecule has 0 aliphatic rings. The topological polar surface area (TPSA) is 55.1 Å². The van der Waals surface area contributed by atoms with Crippen molar-refractivity contribution in [1.82, 2.24) is 5.32 Å². The summed E-state index contributed by atoms with van der Waals surface area (Å²) in [4.78, 5) is 12.8. The Morgan fingerprint density at radius 2 is 2.27 bits per heavy atom. The molecular formula is C11H18N2OS. The number of hydrogen-bond acceptors (Lipinski definition) is 3. The van der Waals surface area contributed by atoms with Crippen molar-refractivity contribution < 1.29 is 4.79 Å².